The van der Waals surface area contributed by atoms with Crippen molar-refractivity contribution in [2.75, 3.05) is 33.4 Å². The number of rotatable bonds is 4. The number of nitrogens with zero attached hydrogens (tertiary/aromatic N) is 1. The van der Waals surface area contributed by atoms with Crippen molar-refractivity contribution < 1.29 is 9.53 Å². The van der Waals surface area contributed by atoms with Gasteiger partial charge in [-0.05, 0) is 6.42 Å². The van der Waals surface area contributed by atoms with Crippen LogP contribution in [0.5, 0.6) is 0 Å². The summed E-state index contributed by atoms with van der Waals surface area (Å²) in [7, 11) is 1.72. The maximum Gasteiger partial charge on any atom is 0.135 e. The molecule has 0 bridgehead atoms. The van der Waals surface area contributed by atoms with Gasteiger partial charge >= 0.3 is 0 Å². The van der Waals surface area contributed by atoms with Crippen molar-refractivity contribution in [1.82, 2.24) is 4.90 Å². The summed E-state index contributed by atoms with van der Waals surface area (Å²) < 4.78 is 4.96. The number of carbonyl (C=O) groups is 1. The molecule has 0 N–H and O–H groups in total. The molecule has 1 heterocycles. The molecule has 1 rings (SSSR count). The summed E-state index contributed by atoms with van der Waals surface area (Å²) in [5.41, 5.74) is 0. The predicted octanol–water partition coefficient (Wildman–Crippen LogP) is 0.688. The Kier molecular flexibility index (Phi) is 4.25. The summed E-state index contributed by atoms with van der Waals surface area (Å²) in [4.78, 5) is 13.2. The minimum Gasteiger partial charge on any atom is -0.385 e. The highest BCUT2D eigenvalue weighted by Crippen LogP contribution is 2.05. The number of hydrogen-bond donors (Lipinski definition) is 0. The summed E-state index contributed by atoms with van der Waals surface area (Å²) in [5.74, 6) is 0.415. The number of Topliss-reactive ketones (excluding diaryl/α,β-unsaturated/α-hetero) is 1. The molecule has 0 saturated carbocycles. The van der Waals surface area contributed by atoms with Crippen molar-refractivity contribution in [3.8, 4) is 0 Å². The van der Waals surface area contributed by atoms with E-state index in [4.69, 9.17) is 4.74 Å². The third-order valence-corrected chi connectivity index (χ3v) is 2.24. The van der Waals surface area contributed by atoms with Crippen LogP contribution in [-0.4, -0.2) is 44.0 Å². The molecule has 1 aliphatic heterocycles. The lowest BCUT2D eigenvalue weighted by Gasteiger charge is -2.25. The summed E-state index contributed by atoms with van der Waals surface area (Å²) in [6.45, 7) is 3.79. The highest BCUT2D eigenvalue weighted by molar-refractivity contribution is 5.79. The Morgan fingerprint density at radius 3 is 2.67 bits per heavy atom. The molecule has 70 valence electrons. The van der Waals surface area contributed by atoms with Crippen molar-refractivity contribution in [2.45, 2.75) is 19.3 Å². The molecule has 0 radical (unpaired) electrons. The van der Waals surface area contributed by atoms with Gasteiger partial charge in [-0.15, -0.1) is 0 Å². The summed E-state index contributed by atoms with van der Waals surface area (Å²) in [6, 6.07) is 0. The highest BCUT2D eigenvalue weighted by atomic mass is 16.5. The molecule has 0 spiro atoms. The lowest BCUT2D eigenvalue weighted by Crippen LogP contribution is -2.34. The Bertz CT molecular complexity index is 137. The average molecular weight is 171 g/mol. The molecule has 12 heavy (non-hydrogen) atoms. The Hall–Kier alpha value is -0.410. The van der Waals surface area contributed by atoms with Crippen LogP contribution in [0.25, 0.3) is 0 Å². The first-order chi connectivity index (χ1) is 5.83. The van der Waals surface area contributed by atoms with E-state index in [2.05, 4.69) is 4.90 Å². The van der Waals surface area contributed by atoms with E-state index in [-0.39, 0.29) is 0 Å². The van der Waals surface area contributed by atoms with Crippen LogP contribution >= 0.6 is 0 Å². The maximum absolute atomic E-state index is 10.9. The van der Waals surface area contributed by atoms with Crippen LogP contribution in [0, 0.1) is 0 Å². The van der Waals surface area contributed by atoms with Gasteiger partial charge in [0.05, 0.1) is 0 Å². The second-order valence-corrected chi connectivity index (χ2v) is 3.23. The number of piperidine rings is 1. The van der Waals surface area contributed by atoms with Gasteiger partial charge in [0.15, 0.2) is 0 Å². The Balaban J connectivity index is 2.05. The first kappa shape index (κ1) is 9.68. The van der Waals surface area contributed by atoms with Crippen molar-refractivity contribution in [2.24, 2.45) is 0 Å². The third kappa shape index (κ3) is 3.32. The lowest BCUT2D eigenvalue weighted by molar-refractivity contribution is -0.121. The fourth-order valence-electron chi connectivity index (χ4n) is 1.46. The number of methoxy groups -OCH3 is 1. The van der Waals surface area contributed by atoms with Crippen molar-refractivity contribution in [1.29, 1.82) is 0 Å². The normalized spacial score (nSPS) is 19.9. The molecule has 1 aliphatic rings. The first-order valence-corrected chi connectivity index (χ1v) is 4.56. The minimum atomic E-state index is 0.415. The van der Waals surface area contributed by atoms with Gasteiger partial charge in [-0.2, -0.15) is 0 Å². The van der Waals surface area contributed by atoms with Crippen LogP contribution in [0.2, 0.25) is 0 Å². The van der Waals surface area contributed by atoms with Crippen LogP contribution in [-0.2, 0) is 9.53 Å². The molecule has 0 aromatic heterocycles. The largest absolute Gasteiger partial charge is 0.385 e. The second-order valence-electron chi connectivity index (χ2n) is 3.23. The zero-order valence-electron chi connectivity index (χ0n) is 7.71. The summed E-state index contributed by atoms with van der Waals surface area (Å²) in [5, 5.41) is 0. The number of ketones is 1. The van der Waals surface area contributed by atoms with Crippen LogP contribution < -0.4 is 0 Å². The molecular weight excluding hydrogens is 154 g/mol. The van der Waals surface area contributed by atoms with Crippen LogP contribution in [0.3, 0.4) is 0 Å². The van der Waals surface area contributed by atoms with Gasteiger partial charge in [0.25, 0.3) is 0 Å². The molecule has 0 atom stereocenters. The Morgan fingerprint density at radius 2 is 2.08 bits per heavy atom. The monoisotopic (exact) mass is 171 g/mol. The van der Waals surface area contributed by atoms with E-state index < -0.39 is 0 Å². The molecule has 3 heteroatoms. The Morgan fingerprint density at radius 1 is 1.42 bits per heavy atom. The topological polar surface area (TPSA) is 29.5 Å². The SMILES string of the molecule is COCCCN1CCC(=O)CC1. The summed E-state index contributed by atoms with van der Waals surface area (Å²) >= 11 is 0. The predicted molar refractivity (Wildman–Crippen MR) is 47.2 cm³/mol. The molecule has 0 amide bonds. The fraction of sp³-hybridized carbons (Fsp3) is 0.889. The van der Waals surface area contributed by atoms with Crippen LogP contribution in [0.1, 0.15) is 19.3 Å². The van der Waals surface area contributed by atoms with Gasteiger partial charge in [-0.3, -0.25) is 4.79 Å². The first-order valence-electron chi connectivity index (χ1n) is 4.56. The fourth-order valence-corrected chi connectivity index (χ4v) is 1.46. The molecule has 0 aromatic rings. The number of carbonyl (C=O) groups excluding carboxylic acids is 1. The van der Waals surface area contributed by atoms with Gasteiger partial charge in [-0.25, -0.2) is 0 Å². The average Bonchev–Trinajstić information content (AvgIpc) is 2.09. The van der Waals surface area contributed by atoms with Gasteiger partial charge < -0.3 is 9.64 Å². The minimum absolute atomic E-state index is 0.415. The molecule has 3 nitrogen and oxygen atoms in total. The number of hydrogen-bond acceptors (Lipinski definition) is 3. The van der Waals surface area contributed by atoms with Gasteiger partial charge in [0.1, 0.15) is 5.78 Å². The summed E-state index contributed by atoms with van der Waals surface area (Å²) in [6.07, 6.45) is 2.56. The van der Waals surface area contributed by atoms with Crippen LogP contribution in [0.4, 0.5) is 0 Å². The molecule has 0 aliphatic carbocycles. The molecule has 1 saturated heterocycles. The van der Waals surface area contributed by atoms with Gasteiger partial charge in [0, 0.05) is 46.2 Å². The quantitative estimate of drug-likeness (QED) is 0.583. The van der Waals surface area contributed by atoms with E-state index in [0.717, 1.165) is 45.5 Å². The smallest absolute Gasteiger partial charge is 0.135 e. The molecule has 0 aromatic carbocycles. The molecule has 1 fully saturated rings. The highest BCUT2D eigenvalue weighted by Gasteiger charge is 2.14. The van der Waals surface area contributed by atoms with Gasteiger partial charge in [-0.1, -0.05) is 0 Å². The Labute approximate surface area is 73.7 Å². The van der Waals surface area contributed by atoms with E-state index in [0.29, 0.717) is 5.78 Å². The van der Waals surface area contributed by atoms with Gasteiger partial charge in [0.2, 0.25) is 0 Å². The lowest BCUT2D eigenvalue weighted by atomic mass is 10.1. The zero-order chi connectivity index (χ0) is 8.81. The molecular formula is C9H17NO2. The van der Waals surface area contributed by atoms with E-state index in [1.54, 1.807) is 7.11 Å². The van der Waals surface area contributed by atoms with E-state index in [9.17, 15) is 4.79 Å². The van der Waals surface area contributed by atoms with Crippen LogP contribution in [0.15, 0.2) is 0 Å². The standard InChI is InChI=1S/C9H17NO2/c1-12-8-2-5-10-6-3-9(11)4-7-10/h2-8H2,1H3. The third-order valence-electron chi connectivity index (χ3n) is 2.24. The van der Waals surface area contributed by atoms with E-state index >= 15 is 0 Å². The van der Waals surface area contributed by atoms with Crippen molar-refractivity contribution in [3.05, 3.63) is 0 Å². The zero-order valence-corrected chi connectivity index (χ0v) is 7.71. The second kappa shape index (κ2) is 5.27. The number of likely N-dealkylation sites (tertiary alicyclic amines) is 1. The van der Waals surface area contributed by atoms with E-state index in [1.807, 2.05) is 0 Å². The van der Waals surface area contributed by atoms with Crippen molar-refractivity contribution in [3.63, 3.8) is 0 Å². The number of ether oxygens (including phenoxy) is 1. The maximum atomic E-state index is 10.9. The van der Waals surface area contributed by atoms with E-state index in [1.165, 1.54) is 0 Å². The molecule has 0 unspecified atom stereocenters. The van der Waals surface area contributed by atoms with Crippen molar-refractivity contribution >= 4 is 5.78 Å².